The number of nitrogens with zero attached hydrogens (tertiary/aromatic N) is 2. The molecular formula is C34H32N2O3S2. The SMILES string of the molecule is CCCCCCCCOc1ccc(N2c3ccccc3Sc3cc(-c4ccc(/C=C(/C#N)C(=O)O)s4)ccc32)cc1. The van der Waals surface area contributed by atoms with E-state index in [-0.39, 0.29) is 5.57 Å². The Morgan fingerprint density at radius 1 is 0.927 bits per heavy atom. The summed E-state index contributed by atoms with van der Waals surface area (Å²) >= 11 is 3.21. The summed E-state index contributed by atoms with van der Waals surface area (Å²) in [6.45, 7) is 2.98. The summed E-state index contributed by atoms with van der Waals surface area (Å²) in [6.07, 6.45) is 8.89. The summed E-state index contributed by atoms with van der Waals surface area (Å²) < 4.78 is 6.03. The van der Waals surface area contributed by atoms with Crippen LogP contribution in [0.4, 0.5) is 17.1 Å². The molecule has 0 atom stereocenters. The largest absolute Gasteiger partial charge is 0.494 e. The number of hydrogen-bond donors (Lipinski definition) is 1. The van der Waals surface area contributed by atoms with Crippen LogP contribution in [-0.4, -0.2) is 17.7 Å². The van der Waals surface area contributed by atoms with Crippen LogP contribution in [0.3, 0.4) is 0 Å². The van der Waals surface area contributed by atoms with Gasteiger partial charge in [-0.1, -0.05) is 69.0 Å². The summed E-state index contributed by atoms with van der Waals surface area (Å²) in [6, 6.07) is 28.8. The van der Waals surface area contributed by atoms with E-state index in [0.717, 1.165) is 56.1 Å². The Kier molecular flexibility index (Phi) is 9.45. The third kappa shape index (κ3) is 6.84. The lowest BCUT2D eigenvalue weighted by Crippen LogP contribution is -2.14. The molecule has 0 amide bonds. The molecule has 2 heterocycles. The van der Waals surface area contributed by atoms with Crippen LogP contribution in [-0.2, 0) is 4.79 Å². The van der Waals surface area contributed by atoms with Crippen LogP contribution in [0.15, 0.2) is 94.2 Å². The second-order valence-corrected chi connectivity index (χ2v) is 12.1. The second-order valence-electron chi connectivity index (χ2n) is 9.87. The van der Waals surface area contributed by atoms with E-state index >= 15 is 0 Å². The van der Waals surface area contributed by atoms with Crippen LogP contribution in [0.5, 0.6) is 5.75 Å². The Hall–Kier alpha value is -3.99. The van der Waals surface area contributed by atoms with Gasteiger partial charge in [-0.25, -0.2) is 4.79 Å². The van der Waals surface area contributed by atoms with Crippen molar-refractivity contribution in [2.75, 3.05) is 11.5 Å². The monoisotopic (exact) mass is 580 g/mol. The Morgan fingerprint density at radius 2 is 1.68 bits per heavy atom. The molecule has 208 valence electrons. The second kappa shape index (κ2) is 13.6. The van der Waals surface area contributed by atoms with Gasteiger partial charge in [-0.2, -0.15) is 5.26 Å². The summed E-state index contributed by atoms with van der Waals surface area (Å²) in [4.78, 5) is 17.6. The van der Waals surface area contributed by atoms with Crippen molar-refractivity contribution in [3.05, 3.63) is 89.3 Å². The van der Waals surface area contributed by atoms with Crippen molar-refractivity contribution in [1.82, 2.24) is 0 Å². The van der Waals surface area contributed by atoms with Crippen LogP contribution >= 0.6 is 23.1 Å². The van der Waals surface area contributed by atoms with Gasteiger partial charge in [-0.3, -0.25) is 0 Å². The van der Waals surface area contributed by atoms with E-state index in [4.69, 9.17) is 10.00 Å². The van der Waals surface area contributed by atoms with Crippen molar-refractivity contribution in [1.29, 1.82) is 5.26 Å². The maximum atomic E-state index is 11.2. The van der Waals surface area contributed by atoms with Crippen molar-refractivity contribution >= 4 is 52.2 Å². The predicted octanol–water partition coefficient (Wildman–Crippen LogP) is 10.1. The topological polar surface area (TPSA) is 73.6 Å². The van der Waals surface area contributed by atoms with Gasteiger partial charge in [0.1, 0.15) is 17.4 Å². The fourth-order valence-electron chi connectivity index (χ4n) is 4.82. The molecular weight excluding hydrogens is 549 g/mol. The molecule has 0 saturated carbocycles. The number of para-hydroxylation sites is 1. The number of rotatable bonds is 12. The van der Waals surface area contributed by atoms with Crippen molar-refractivity contribution in [3.8, 4) is 22.3 Å². The first kappa shape index (κ1) is 28.5. The molecule has 0 unspecified atom stereocenters. The van der Waals surface area contributed by atoms with Crippen LogP contribution in [0.1, 0.15) is 50.3 Å². The lowest BCUT2D eigenvalue weighted by atomic mass is 10.1. The standard InChI is InChI=1S/C34H32N2O3S2/c1-2-3-4-5-6-9-20-39-27-15-13-26(14-16-27)36-29-10-7-8-11-32(29)41-33-22-24(12-18-30(33)36)31-19-17-28(40-31)21-25(23-35)34(37)38/h7-8,10-19,21-22H,2-6,9,20H2,1H3,(H,37,38)/b25-21-. The third-order valence-electron chi connectivity index (χ3n) is 6.94. The number of carbonyl (C=O) groups is 1. The Bertz CT molecular complexity index is 1580. The van der Waals surface area contributed by atoms with Crippen LogP contribution < -0.4 is 9.64 Å². The van der Waals surface area contributed by atoms with Gasteiger partial charge in [0.25, 0.3) is 0 Å². The molecule has 1 N–H and O–H groups in total. The molecule has 1 aliphatic rings. The number of unbranched alkanes of at least 4 members (excludes halogenated alkanes) is 5. The average Bonchev–Trinajstić information content (AvgIpc) is 3.47. The molecule has 0 fully saturated rings. The number of thiophene rings is 1. The van der Waals surface area contributed by atoms with Crippen LogP contribution in [0.25, 0.3) is 16.5 Å². The molecule has 4 aromatic rings. The minimum Gasteiger partial charge on any atom is -0.494 e. The van der Waals surface area contributed by atoms with Gasteiger partial charge in [0.2, 0.25) is 0 Å². The minimum absolute atomic E-state index is 0.273. The molecule has 0 bridgehead atoms. The zero-order chi connectivity index (χ0) is 28.6. The average molecular weight is 581 g/mol. The highest BCUT2D eigenvalue weighted by Crippen LogP contribution is 2.52. The van der Waals surface area contributed by atoms with E-state index in [1.54, 1.807) is 17.8 Å². The van der Waals surface area contributed by atoms with Crippen molar-refractivity contribution in [2.45, 2.75) is 55.2 Å². The molecule has 0 saturated heterocycles. The number of fused-ring (bicyclic) bond motifs is 2. The van der Waals surface area contributed by atoms with Gasteiger partial charge < -0.3 is 14.7 Å². The minimum atomic E-state index is -1.22. The Morgan fingerprint density at radius 3 is 2.46 bits per heavy atom. The van der Waals surface area contributed by atoms with Crippen molar-refractivity contribution < 1.29 is 14.6 Å². The number of carboxylic acids is 1. The summed E-state index contributed by atoms with van der Waals surface area (Å²) in [5.74, 6) is -0.327. The smallest absolute Gasteiger partial charge is 0.346 e. The fourth-order valence-corrected chi connectivity index (χ4v) is 6.87. The predicted molar refractivity (Wildman–Crippen MR) is 169 cm³/mol. The Labute approximate surface area is 249 Å². The van der Waals surface area contributed by atoms with Crippen LogP contribution in [0.2, 0.25) is 0 Å². The first-order valence-electron chi connectivity index (χ1n) is 14.0. The summed E-state index contributed by atoms with van der Waals surface area (Å²) in [7, 11) is 0. The normalized spacial score (nSPS) is 12.4. The zero-order valence-corrected chi connectivity index (χ0v) is 24.6. The Balaban J connectivity index is 1.36. The molecule has 1 aliphatic heterocycles. The summed E-state index contributed by atoms with van der Waals surface area (Å²) in [5, 5.41) is 18.3. The van der Waals surface area contributed by atoms with Gasteiger partial charge in [-0.15, -0.1) is 11.3 Å². The van der Waals surface area contributed by atoms with Gasteiger partial charge in [0.05, 0.1) is 18.0 Å². The van der Waals surface area contributed by atoms with Gasteiger partial charge >= 0.3 is 5.97 Å². The van der Waals surface area contributed by atoms with Gasteiger partial charge in [0, 0.05) is 25.2 Å². The molecule has 0 radical (unpaired) electrons. The fraction of sp³-hybridized carbons (Fsp3) is 0.235. The number of hydrogen-bond acceptors (Lipinski definition) is 6. The maximum absolute atomic E-state index is 11.2. The van der Waals surface area contributed by atoms with E-state index < -0.39 is 5.97 Å². The van der Waals surface area contributed by atoms with Crippen LogP contribution in [0, 0.1) is 11.3 Å². The highest BCUT2D eigenvalue weighted by Gasteiger charge is 2.25. The highest BCUT2D eigenvalue weighted by molar-refractivity contribution is 7.99. The zero-order valence-electron chi connectivity index (χ0n) is 23.0. The molecule has 41 heavy (non-hydrogen) atoms. The quantitative estimate of drug-likeness (QED) is 0.0899. The van der Waals surface area contributed by atoms with E-state index in [1.807, 2.05) is 12.1 Å². The number of ether oxygens (including phenoxy) is 1. The number of benzene rings is 3. The molecule has 3 aromatic carbocycles. The number of nitriles is 1. The van der Waals surface area contributed by atoms with E-state index in [1.165, 1.54) is 54.4 Å². The molecule has 7 heteroatoms. The van der Waals surface area contributed by atoms with E-state index in [0.29, 0.717) is 0 Å². The number of anilines is 3. The van der Waals surface area contributed by atoms with Gasteiger partial charge in [-0.05, 0) is 78.7 Å². The first-order valence-corrected chi connectivity index (χ1v) is 15.6. The first-order chi connectivity index (χ1) is 20.1. The van der Waals surface area contributed by atoms with Gasteiger partial charge in [0.15, 0.2) is 0 Å². The lowest BCUT2D eigenvalue weighted by Gasteiger charge is -2.33. The lowest BCUT2D eigenvalue weighted by molar-refractivity contribution is -0.132. The summed E-state index contributed by atoms with van der Waals surface area (Å²) in [5.41, 5.74) is 4.09. The molecule has 1 aromatic heterocycles. The molecule has 0 aliphatic carbocycles. The van der Waals surface area contributed by atoms with Crippen molar-refractivity contribution in [2.24, 2.45) is 0 Å². The van der Waals surface area contributed by atoms with E-state index in [9.17, 15) is 9.90 Å². The number of carboxylic acid groups (broad SMARTS) is 1. The molecule has 5 rings (SSSR count). The highest BCUT2D eigenvalue weighted by atomic mass is 32.2. The van der Waals surface area contributed by atoms with E-state index in [2.05, 4.69) is 78.6 Å². The maximum Gasteiger partial charge on any atom is 0.346 e. The molecule has 0 spiro atoms. The number of aliphatic carboxylic acids is 1. The van der Waals surface area contributed by atoms with Crippen molar-refractivity contribution in [3.63, 3.8) is 0 Å². The third-order valence-corrected chi connectivity index (χ3v) is 9.13. The molecule has 5 nitrogen and oxygen atoms in total.